The molecule has 4 aromatic rings. The van der Waals surface area contributed by atoms with E-state index in [1.807, 2.05) is 48.5 Å². The van der Waals surface area contributed by atoms with Gasteiger partial charge in [-0.3, -0.25) is 19.5 Å². The molecule has 12 nitrogen and oxygen atoms in total. The molecule has 4 heterocycles. The van der Waals surface area contributed by atoms with E-state index in [0.29, 0.717) is 0 Å². The summed E-state index contributed by atoms with van der Waals surface area (Å²) in [7, 11) is 0. The number of hydrogen-bond donors (Lipinski definition) is 4. The average Bonchev–Trinajstić information content (AvgIpc) is 3.60. The Labute approximate surface area is 250 Å². The van der Waals surface area contributed by atoms with Gasteiger partial charge in [0.2, 0.25) is 5.91 Å². The van der Waals surface area contributed by atoms with E-state index in [1.54, 1.807) is 21.5 Å². The van der Waals surface area contributed by atoms with E-state index in [1.165, 1.54) is 33.4 Å². The van der Waals surface area contributed by atoms with Crippen molar-refractivity contribution in [2.75, 3.05) is 19.6 Å². The van der Waals surface area contributed by atoms with Crippen molar-refractivity contribution in [1.82, 2.24) is 35.1 Å². The molecule has 0 bridgehead atoms. The first kappa shape index (κ1) is 28.0. The standard InChI is InChI=1S/C30H29N7O5S/c1-2-11-35-17-26(39)36-22(12-21-13-24(38)33-28(21)40)29(41)34(15-20-9-6-10-23-27(20)32-18-43-23)16-25(36)37(35)30(42)31-14-19-7-4-3-5-8-19/h2-10,12-13,18,25,33,38,40H,1,11,14-17H2,(H,31,42)/t25-/m0/s1. The minimum absolute atomic E-state index is 0.0131. The number of rotatable bonds is 7. The summed E-state index contributed by atoms with van der Waals surface area (Å²) in [5.41, 5.74) is 4.30. The third kappa shape index (κ3) is 5.43. The molecule has 1 atom stereocenters. The predicted octanol–water partition coefficient (Wildman–Crippen LogP) is 3.20. The zero-order valence-corrected chi connectivity index (χ0v) is 23.8. The number of benzene rings is 2. The van der Waals surface area contributed by atoms with Crippen LogP contribution < -0.4 is 5.32 Å². The molecule has 2 aromatic carbocycles. The first-order valence-electron chi connectivity index (χ1n) is 13.6. The van der Waals surface area contributed by atoms with Crippen LogP contribution in [0.3, 0.4) is 0 Å². The molecule has 2 fully saturated rings. The quantitative estimate of drug-likeness (QED) is 0.189. The number of aromatic amines is 1. The number of nitrogens with zero attached hydrogens (tertiary/aromatic N) is 5. The van der Waals surface area contributed by atoms with Gasteiger partial charge in [-0.15, -0.1) is 17.9 Å². The van der Waals surface area contributed by atoms with E-state index in [-0.39, 0.29) is 55.7 Å². The Kier molecular flexibility index (Phi) is 7.57. The fourth-order valence-corrected chi connectivity index (χ4v) is 6.16. The molecule has 2 aliphatic rings. The van der Waals surface area contributed by atoms with Crippen LogP contribution in [0.1, 0.15) is 16.7 Å². The summed E-state index contributed by atoms with van der Waals surface area (Å²) in [6, 6.07) is 16.0. The lowest BCUT2D eigenvalue weighted by Crippen LogP contribution is -2.73. The van der Waals surface area contributed by atoms with E-state index in [4.69, 9.17) is 0 Å². The highest BCUT2D eigenvalue weighted by molar-refractivity contribution is 7.16. The van der Waals surface area contributed by atoms with Crippen molar-refractivity contribution in [3.05, 3.63) is 95.2 Å². The number of aromatic hydroxyl groups is 2. The maximum atomic E-state index is 14.1. The second-order valence-electron chi connectivity index (χ2n) is 10.2. The first-order chi connectivity index (χ1) is 20.8. The second kappa shape index (κ2) is 11.6. The largest absolute Gasteiger partial charge is 0.494 e. The minimum atomic E-state index is -0.912. The van der Waals surface area contributed by atoms with Crippen LogP contribution in [-0.4, -0.2) is 83.6 Å². The number of aromatic nitrogens is 2. The van der Waals surface area contributed by atoms with Gasteiger partial charge in [0.05, 0.1) is 28.8 Å². The third-order valence-electron chi connectivity index (χ3n) is 7.37. The number of thiazole rings is 1. The van der Waals surface area contributed by atoms with Gasteiger partial charge in [0.15, 0.2) is 11.8 Å². The average molecular weight is 600 g/mol. The summed E-state index contributed by atoms with van der Waals surface area (Å²) in [5.74, 6) is -1.55. The van der Waals surface area contributed by atoms with Crippen LogP contribution in [0.25, 0.3) is 16.3 Å². The van der Waals surface area contributed by atoms with Crippen LogP contribution in [-0.2, 0) is 22.7 Å². The molecule has 0 saturated carbocycles. The van der Waals surface area contributed by atoms with Crippen molar-refractivity contribution in [3.8, 4) is 11.8 Å². The predicted molar refractivity (Wildman–Crippen MR) is 160 cm³/mol. The number of piperazine rings is 1. The van der Waals surface area contributed by atoms with Gasteiger partial charge in [0.25, 0.3) is 5.91 Å². The van der Waals surface area contributed by atoms with E-state index in [9.17, 15) is 24.6 Å². The van der Waals surface area contributed by atoms with Gasteiger partial charge in [-0.1, -0.05) is 48.5 Å². The Bertz CT molecular complexity index is 1730. The van der Waals surface area contributed by atoms with Crippen LogP contribution in [0.2, 0.25) is 0 Å². The molecule has 0 unspecified atom stereocenters. The number of urea groups is 1. The molecule has 2 aromatic heterocycles. The molecule has 43 heavy (non-hydrogen) atoms. The maximum absolute atomic E-state index is 14.1. The fourth-order valence-electron chi connectivity index (χ4n) is 5.44. The Morgan fingerprint density at radius 3 is 2.72 bits per heavy atom. The van der Waals surface area contributed by atoms with E-state index < -0.39 is 24.0 Å². The minimum Gasteiger partial charge on any atom is -0.494 e. The topological polar surface area (TPSA) is 145 Å². The number of hydrogen-bond acceptors (Lipinski definition) is 8. The molecule has 4 N–H and O–H groups in total. The van der Waals surface area contributed by atoms with Crippen LogP contribution in [0.4, 0.5) is 4.79 Å². The molecular formula is C30H29N7O5S. The Hall–Kier alpha value is -5.14. The normalized spacial score (nSPS) is 18.4. The van der Waals surface area contributed by atoms with Gasteiger partial charge >= 0.3 is 6.03 Å². The molecule has 0 spiro atoms. The van der Waals surface area contributed by atoms with E-state index in [0.717, 1.165) is 21.3 Å². The molecule has 220 valence electrons. The molecule has 0 aliphatic carbocycles. The highest BCUT2D eigenvalue weighted by Gasteiger charge is 2.49. The lowest BCUT2D eigenvalue weighted by molar-refractivity contribution is -0.173. The Balaban J connectivity index is 1.41. The molecule has 13 heteroatoms. The SMILES string of the molecule is C=CCN1CC(=O)N2C(=Cc3cc(O)[nH]c3O)C(=O)N(Cc3cccc4scnc34)C[C@@H]2N1C(=O)NCc1ccccc1. The summed E-state index contributed by atoms with van der Waals surface area (Å²) < 4.78 is 0.971. The lowest BCUT2D eigenvalue weighted by atomic mass is 10.1. The Morgan fingerprint density at radius 1 is 1.16 bits per heavy atom. The van der Waals surface area contributed by atoms with E-state index >= 15 is 0 Å². The van der Waals surface area contributed by atoms with Crippen LogP contribution in [0, 0.1) is 0 Å². The lowest BCUT2D eigenvalue weighted by Gasteiger charge is -2.52. The van der Waals surface area contributed by atoms with E-state index in [2.05, 4.69) is 21.9 Å². The number of amides is 4. The number of nitrogens with one attached hydrogen (secondary N) is 2. The summed E-state index contributed by atoms with van der Waals surface area (Å²) in [4.78, 5) is 51.3. The number of carbonyl (C=O) groups is 3. The van der Waals surface area contributed by atoms with Crippen molar-refractivity contribution in [3.63, 3.8) is 0 Å². The fraction of sp³-hybridized carbons (Fsp3) is 0.200. The molecule has 2 aliphatic heterocycles. The third-order valence-corrected chi connectivity index (χ3v) is 8.16. The summed E-state index contributed by atoms with van der Waals surface area (Å²) in [5, 5.41) is 26.2. The van der Waals surface area contributed by atoms with Gasteiger partial charge < -0.3 is 20.4 Å². The molecule has 4 amide bonds. The number of H-pyrrole nitrogens is 1. The van der Waals surface area contributed by atoms with Gasteiger partial charge in [-0.25, -0.2) is 19.8 Å². The number of fused-ring (bicyclic) bond motifs is 2. The highest BCUT2D eigenvalue weighted by Crippen LogP contribution is 2.33. The van der Waals surface area contributed by atoms with Gasteiger partial charge in [0.1, 0.15) is 11.9 Å². The molecular weight excluding hydrogens is 570 g/mol. The number of hydrazine groups is 1. The first-order valence-corrected chi connectivity index (χ1v) is 14.4. The number of carbonyl (C=O) groups excluding carboxylic acids is 3. The molecule has 2 saturated heterocycles. The van der Waals surface area contributed by atoms with Crippen molar-refractivity contribution in [2.24, 2.45) is 0 Å². The number of para-hydroxylation sites is 1. The zero-order chi connectivity index (χ0) is 30.1. The maximum Gasteiger partial charge on any atom is 0.334 e. The van der Waals surface area contributed by atoms with Crippen molar-refractivity contribution < 1.29 is 24.6 Å². The Morgan fingerprint density at radius 2 is 1.98 bits per heavy atom. The monoisotopic (exact) mass is 599 g/mol. The molecule has 0 radical (unpaired) electrons. The van der Waals surface area contributed by atoms with Crippen molar-refractivity contribution in [1.29, 1.82) is 0 Å². The summed E-state index contributed by atoms with van der Waals surface area (Å²) in [6.07, 6.45) is 2.04. The van der Waals surface area contributed by atoms with Crippen LogP contribution in [0.15, 0.2) is 78.5 Å². The van der Waals surface area contributed by atoms with Gasteiger partial charge in [0, 0.05) is 31.3 Å². The molecule has 6 rings (SSSR count). The van der Waals surface area contributed by atoms with Crippen molar-refractivity contribution in [2.45, 2.75) is 19.3 Å². The summed E-state index contributed by atoms with van der Waals surface area (Å²) in [6.45, 7) is 4.26. The van der Waals surface area contributed by atoms with Crippen LogP contribution in [0.5, 0.6) is 11.8 Å². The van der Waals surface area contributed by atoms with Gasteiger partial charge in [-0.2, -0.15) is 0 Å². The smallest absolute Gasteiger partial charge is 0.334 e. The van der Waals surface area contributed by atoms with Crippen molar-refractivity contribution >= 4 is 45.5 Å². The summed E-state index contributed by atoms with van der Waals surface area (Å²) >= 11 is 1.49. The van der Waals surface area contributed by atoms with Gasteiger partial charge in [-0.05, 0) is 23.3 Å². The van der Waals surface area contributed by atoms with Crippen LogP contribution >= 0.6 is 11.3 Å². The highest BCUT2D eigenvalue weighted by atomic mass is 32.1. The second-order valence-corrected chi connectivity index (χ2v) is 11.0. The zero-order valence-electron chi connectivity index (χ0n) is 23.0.